The van der Waals surface area contributed by atoms with E-state index < -0.39 is 11.4 Å². The maximum atomic E-state index is 13.3. The third-order valence-corrected chi connectivity index (χ3v) is 6.89. The maximum Gasteiger partial charge on any atom is 0.253 e. The van der Waals surface area contributed by atoms with E-state index in [9.17, 15) is 14.0 Å². The Kier molecular flexibility index (Phi) is 5.96. The third-order valence-electron chi connectivity index (χ3n) is 6.66. The summed E-state index contributed by atoms with van der Waals surface area (Å²) in [6.45, 7) is 1.69. The van der Waals surface area contributed by atoms with Crippen LogP contribution in [0.25, 0.3) is 0 Å². The lowest BCUT2D eigenvalue weighted by molar-refractivity contribution is -0.127. The van der Waals surface area contributed by atoms with Gasteiger partial charge in [-0.1, -0.05) is 23.7 Å². The molecule has 2 saturated heterocycles. The number of rotatable bonds is 4. The second-order valence-electron chi connectivity index (χ2n) is 8.71. The van der Waals surface area contributed by atoms with Gasteiger partial charge < -0.3 is 14.5 Å². The maximum absolute atomic E-state index is 13.3. The molecule has 0 radical (unpaired) electrons. The molecule has 0 N–H and O–H groups in total. The molecule has 3 heterocycles. The van der Waals surface area contributed by atoms with E-state index in [1.54, 1.807) is 35.2 Å². The molecule has 0 aliphatic carbocycles. The van der Waals surface area contributed by atoms with Gasteiger partial charge in [0, 0.05) is 35.9 Å². The summed E-state index contributed by atoms with van der Waals surface area (Å²) in [6, 6.07) is 16.9. The van der Waals surface area contributed by atoms with Crippen molar-refractivity contribution in [1.82, 2.24) is 9.88 Å². The Hall–Kier alpha value is -3.45. The highest BCUT2D eigenvalue weighted by molar-refractivity contribution is 6.31. The van der Waals surface area contributed by atoms with Gasteiger partial charge in [0.25, 0.3) is 5.91 Å². The molecule has 0 saturated carbocycles. The molecule has 8 heteroatoms. The molecule has 0 unspecified atom stereocenters. The first kappa shape index (κ1) is 22.3. The van der Waals surface area contributed by atoms with Crippen molar-refractivity contribution >= 4 is 29.1 Å². The number of ether oxygens (including phenoxy) is 1. The van der Waals surface area contributed by atoms with E-state index >= 15 is 0 Å². The van der Waals surface area contributed by atoms with E-state index in [0.29, 0.717) is 54.6 Å². The van der Waals surface area contributed by atoms with E-state index in [1.165, 1.54) is 18.3 Å². The number of nitrogens with zero attached hydrogens (tertiary/aromatic N) is 3. The fourth-order valence-corrected chi connectivity index (χ4v) is 4.93. The first-order chi connectivity index (χ1) is 16.4. The Morgan fingerprint density at radius 2 is 1.74 bits per heavy atom. The summed E-state index contributed by atoms with van der Waals surface area (Å²) in [5.74, 6) is 0.279. The van der Waals surface area contributed by atoms with Gasteiger partial charge in [0.15, 0.2) is 0 Å². The first-order valence-corrected chi connectivity index (χ1v) is 11.6. The number of anilines is 1. The molecule has 2 fully saturated rings. The van der Waals surface area contributed by atoms with Gasteiger partial charge in [-0.05, 0) is 67.8 Å². The minimum atomic E-state index is -0.587. The molecule has 3 aromatic rings. The molecule has 2 aromatic carbocycles. The van der Waals surface area contributed by atoms with Crippen molar-refractivity contribution in [3.05, 3.63) is 83.4 Å². The van der Waals surface area contributed by atoms with Gasteiger partial charge in [-0.25, -0.2) is 4.98 Å². The van der Waals surface area contributed by atoms with Crippen LogP contribution in [0.3, 0.4) is 0 Å². The van der Waals surface area contributed by atoms with Gasteiger partial charge in [-0.15, -0.1) is 0 Å². The molecular weight excluding hydrogens is 457 g/mol. The number of benzene rings is 2. The highest BCUT2D eigenvalue weighted by atomic mass is 35.5. The second-order valence-corrected chi connectivity index (χ2v) is 9.14. The lowest BCUT2D eigenvalue weighted by Crippen LogP contribution is -2.46. The number of piperidine rings is 1. The van der Waals surface area contributed by atoms with Crippen LogP contribution in [0.15, 0.2) is 66.9 Å². The molecule has 1 aromatic heterocycles. The van der Waals surface area contributed by atoms with Crippen LogP contribution in [0, 0.1) is 11.4 Å². The Morgan fingerprint density at radius 1 is 0.971 bits per heavy atom. The van der Waals surface area contributed by atoms with E-state index in [-0.39, 0.29) is 11.8 Å². The molecule has 6 nitrogen and oxygen atoms in total. The molecule has 2 amide bonds. The summed E-state index contributed by atoms with van der Waals surface area (Å²) >= 11 is 6.11. The van der Waals surface area contributed by atoms with Gasteiger partial charge in [-0.3, -0.25) is 9.59 Å². The van der Waals surface area contributed by atoms with Crippen molar-refractivity contribution in [2.24, 2.45) is 5.41 Å². The molecule has 2 aliphatic rings. The highest BCUT2D eigenvalue weighted by Crippen LogP contribution is 2.43. The molecule has 34 heavy (non-hydrogen) atoms. The first-order valence-electron chi connectivity index (χ1n) is 11.2. The fourth-order valence-electron chi connectivity index (χ4n) is 4.75. The smallest absolute Gasteiger partial charge is 0.253 e. The van der Waals surface area contributed by atoms with E-state index in [1.807, 2.05) is 23.1 Å². The summed E-state index contributed by atoms with van der Waals surface area (Å²) < 4.78 is 18.7. The van der Waals surface area contributed by atoms with Gasteiger partial charge in [0.1, 0.15) is 11.5 Å². The van der Waals surface area contributed by atoms with Crippen molar-refractivity contribution < 1.29 is 18.7 Å². The van der Waals surface area contributed by atoms with Crippen LogP contribution in [-0.2, 0) is 4.79 Å². The summed E-state index contributed by atoms with van der Waals surface area (Å²) in [7, 11) is 0. The predicted molar refractivity (Wildman–Crippen MR) is 127 cm³/mol. The number of hydrogen-bond donors (Lipinski definition) is 0. The quantitative estimate of drug-likeness (QED) is 0.475. The summed E-state index contributed by atoms with van der Waals surface area (Å²) in [4.78, 5) is 33.6. The van der Waals surface area contributed by atoms with E-state index in [4.69, 9.17) is 16.3 Å². The van der Waals surface area contributed by atoms with Crippen molar-refractivity contribution in [3.8, 4) is 11.5 Å². The van der Waals surface area contributed by atoms with Crippen LogP contribution in [0.4, 0.5) is 10.1 Å². The minimum absolute atomic E-state index is 0.102. The lowest BCUT2D eigenvalue weighted by Gasteiger charge is -2.38. The van der Waals surface area contributed by atoms with E-state index in [2.05, 4.69) is 4.98 Å². The number of hydrogen-bond acceptors (Lipinski definition) is 4. The third kappa shape index (κ3) is 4.35. The number of carbonyl (C=O) groups excluding carboxylic acids is 2. The average molecular weight is 480 g/mol. The van der Waals surface area contributed by atoms with Crippen LogP contribution >= 0.6 is 11.6 Å². The summed E-state index contributed by atoms with van der Waals surface area (Å²) in [5, 5.41) is 0.605. The van der Waals surface area contributed by atoms with Crippen LogP contribution in [0.2, 0.25) is 5.02 Å². The van der Waals surface area contributed by atoms with Gasteiger partial charge >= 0.3 is 0 Å². The van der Waals surface area contributed by atoms with Crippen molar-refractivity contribution in [2.75, 3.05) is 24.5 Å². The number of pyridine rings is 1. The standard InChI is InChI=1S/C26H23ClFN3O3/c27-19-4-2-5-20(16-19)31-14-11-26(25(31)33)9-12-30(13-10-26)24(32)18-3-1-6-21(15-18)34-22-7-8-23(28)29-17-22/h1-8,15-17H,9-14H2. The monoisotopic (exact) mass is 479 g/mol. The fraction of sp³-hybridized carbons (Fsp3) is 0.269. The van der Waals surface area contributed by atoms with E-state index in [0.717, 1.165) is 12.1 Å². The van der Waals surface area contributed by atoms with Crippen LogP contribution in [0.5, 0.6) is 11.5 Å². The molecule has 0 bridgehead atoms. The summed E-state index contributed by atoms with van der Waals surface area (Å²) in [5.41, 5.74) is 0.891. The second kappa shape index (κ2) is 9.06. The van der Waals surface area contributed by atoms with Crippen molar-refractivity contribution in [2.45, 2.75) is 19.3 Å². The Morgan fingerprint density at radius 3 is 2.47 bits per heavy atom. The van der Waals surface area contributed by atoms with Crippen LogP contribution in [0.1, 0.15) is 29.6 Å². The Bertz CT molecular complexity index is 1230. The molecule has 5 rings (SSSR count). The number of likely N-dealkylation sites (tertiary alicyclic amines) is 1. The minimum Gasteiger partial charge on any atom is -0.456 e. The van der Waals surface area contributed by atoms with Gasteiger partial charge in [0.2, 0.25) is 11.9 Å². The zero-order valence-corrected chi connectivity index (χ0v) is 19.2. The normalized spacial score (nSPS) is 17.3. The molecule has 174 valence electrons. The SMILES string of the molecule is O=C(c1cccc(Oc2ccc(F)nc2)c1)N1CCC2(CC1)CCN(c1cccc(Cl)c1)C2=O. The highest BCUT2D eigenvalue weighted by Gasteiger charge is 2.49. The van der Waals surface area contributed by atoms with Crippen molar-refractivity contribution in [1.29, 1.82) is 0 Å². The number of amides is 2. The summed E-state index contributed by atoms with van der Waals surface area (Å²) in [6.07, 6.45) is 3.33. The number of carbonyl (C=O) groups is 2. The van der Waals surface area contributed by atoms with Gasteiger partial charge in [0.05, 0.1) is 11.6 Å². The molecule has 0 atom stereocenters. The zero-order valence-electron chi connectivity index (χ0n) is 18.4. The lowest BCUT2D eigenvalue weighted by atomic mass is 9.77. The molecule has 2 aliphatic heterocycles. The largest absolute Gasteiger partial charge is 0.456 e. The number of halogens is 2. The predicted octanol–water partition coefficient (Wildman–Crippen LogP) is 5.33. The average Bonchev–Trinajstić information content (AvgIpc) is 3.16. The van der Waals surface area contributed by atoms with Crippen LogP contribution < -0.4 is 9.64 Å². The zero-order chi connectivity index (χ0) is 23.7. The van der Waals surface area contributed by atoms with Gasteiger partial charge in [-0.2, -0.15) is 4.39 Å². The molecule has 1 spiro atoms. The van der Waals surface area contributed by atoms with Crippen LogP contribution in [-0.4, -0.2) is 41.3 Å². The Balaban J connectivity index is 1.24. The topological polar surface area (TPSA) is 62.7 Å². The Labute approximate surface area is 201 Å². The van der Waals surface area contributed by atoms with Crippen molar-refractivity contribution in [3.63, 3.8) is 0 Å². The number of aromatic nitrogens is 1. The molecular formula is C26H23ClFN3O3.